The second kappa shape index (κ2) is 5.14. The first-order valence-corrected chi connectivity index (χ1v) is 5.84. The standard InChI is InChI=1S/C12H16N3O2/c1-2-13-6-8-14(9-7-13)11-4-3-5-12(10-11)15(16)17/h3-4,10H,2,6-9H2,1H3. The second-order valence-corrected chi connectivity index (χ2v) is 4.11. The van der Waals surface area contributed by atoms with Gasteiger partial charge in [0.25, 0.3) is 5.69 Å². The molecule has 0 aliphatic carbocycles. The van der Waals surface area contributed by atoms with Crippen LogP contribution in [0.15, 0.2) is 18.2 Å². The van der Waals surface area contributed by atoms with Crippen molar-refractivity contribution in [2.24, 2.45) is 0 Å². The van der Waals surface area contributed by atoms with Crippen LogP contribution in [0.25, 0.3) is 0 Å². The summed E-state index contributed by atoms with van der Waals surface area (Å²) < 4.78 is 0. The number of nitro groups is 1. The van der Waals surface area contributed by atoms with Crippen molar-refractivity contribution < 1.29 is 4.92 Å². The van der Waals surface area contributed by atoms with Crippen molar-refractivity contribution in [1.29, 1.82) is 0 Å². The van der Waals surface area contributed by atoms with E-state index in [4.69, 9.17) is 0 Å². The minimum Gasteiger partial charge on any atom is -0.369 e. The Balaban J connectivity index is 2.08. The highest BCUT2D eigenvalue weighted by Crippen LogP contribution is 2.21. The quantitative estimate of drug-likeness (QED) is 0.588. The van der Waals surface area contributed by atoms with Gasteiger partial charge in [0.2, 0.25) is 0 Å². The molecule has 91 valence electrons. The van der Waals surface area contributed by atoms with Crippen LogP contribution >= 0.6 is 0 Å². The molecular formula is C12H16N3O2. The van der Waals surface area contributed by atoms with Crippen LogP contribution in [0.2, 0.25) is 0 Å². The number of anilines is 1. The normalized spacial score (nSPS) is 17.1. The fourth-order valence-corrected chi connectivity index (χ4v) is 2.07. The third-order valence-electron chi connectivity index (χ3n) is 3.15. The Morgan fingerprint density at radius 1 is 1.41 bits per heavy atom. The smallest absolute Gasteiger partial charge is 0.279 e. The largest absolute Gasteiger partial charge is 0.369 e. The van der Waals surface area contributed by atoms with Crippen LogP contribution in [0, 0.1) is 16.2 Å². The molecule has 1 radical (unpaired) electrons. The molecule has 1 aliphatic heterocycles. The number of nitrogens with zero attached hydrogens (tertiary/aromatic N) is 3. The summed E-state index contributed by atoms with van der Waals surface area (Å²) in [5, 5.41) is 10.7. The van der Waals surface area contributed by atoms with Crippen LogP contribution in [-0.4, -0.2) is 42.5 Å². The summed E-state index contributed by atoms with van der Waals surface area (Å²) in [5.74, 6) is 0. The summed E-state index contributed by atoms with van der Waals surface area (Å²) in [6, 6.07) is 7.74. The van der Waals surface area contributed by atoms with Crippen molar-refractivity contribution in [2.75, 3.05) is 37.6 Å². The van der Waals surface area contributed by atoms with E-state index in [9.17, 15) is 10.1 Å². The van der Waals surface area contributed by atoms with Gasteiger partial charge >= 0.3 is 0 Å². The van der Waals surface area contributed by atoms with Gasteiger partial charge in [-0.15, -0.1) is 0 Å². The highest BCUT2D eigenvalue weighted by atomic mass is 16.6. The van der Waals surface area contributed by atoms with Gasteiger partial charge in [-0.25, -0.2) is 0 Å². The molecule has 1 aromatic rings. The lowest BCUT2D eigenvalue weighted by molar-refractivity contribution is -0.385. The molecule has 0 saturated carbocycles. The molecule has 0 aromatic heterocycles. The van der Waals surface area contributed by atoms with Crippen molar-refractivity contribution in [3.05, 3.63) is 34.4 Å². The summed E-state index contributed by atoms with van der Waals surface area (Å²) in [6.07, 6.45) is 0. The highest BCUT2D eigenvalue weighted by molar-refractivity contribution is 5.52. The Hall–Kier alpha value is -1.62. The highest BCUT2D eigenvalue weighted by Gasteiger charge is 2.17. The van der Waals surface area contributed by atoms with E-state index in [0.29, 0.717) is 0 Å². The Morgan fingerprint density at radius 2 is 2.12 bits per heavy atom. The van der Waals surface area contributed by atoms with Gasteiger partial charge in [0.1, 0.15) is 0 Å². The predicted molar refractivity (Wildman–Crippen MR) is 66.3 cm³/mol. The monoisotopic (exact) mass is 234 g/mol. The van der Waals surface area contributed by atoms with Crippen LogP contribution in [0.5, 0.6) is 0 Å². The minimum absolute atomic E-state index is 0.0421. The first-order valence-electron chi connectivity index (χ1n) is 5.84. The number of non-ortho nitro benzene ring substituents is 1. The van der Waals surface area contributed by atoms with Gasteiger partial charge in [-0.1, -0.05) is 6.92 Å². The summed E-state index contributed by atoms with van der Waals surface area (Å²) in [5.41, 5.74) is 0.964. The van der Waals surface area contributed by atoms with Crippen LogP contribution in [0.1, 0.15) is 6.92 Å². The summed E-state index contributed by atoms with van der Waals surface area (Å²) in [4.78, 5) is 14.8. The van der Waals surface area contributed by atoms with Crippen molar-refractivity contribution >= 4 is 11.4 Å². The molecule has 0 amide bonds. The van der Waals surface area contributed by atoms with Gasteiger partial charge in [0, 0.05) is 37.9 Å². The first-order chi connectivity index (χ1) is 8.20. The van der Waals surface area contributed by atoms with E-state index in [1.807, 2.05) is 6.07 Å². The molecule has 1 aromatic carbocycles. The van der Waals surface area contributed by atoms with E-state index < -0.39 is 4.92 Å². The Morgan fingerprint density at radius 3 is 2.71 bits per heavy atom. The Labute approximate surface area is 101 Å². The topological polar surface area (TPSA) is 49.6 Å². The number of piperazine rings is 1. The number of hydrogen-bond donors (Lipinski definition) is 0. The van der Waals surface area contributed by atoms with Gasteiger partial charge in [-0.3, -0.25) is 10.1 Å². The lowest BCUT2D eigenvalue weighted by Crippen LogP contribution is -2.46. The molecule has 0 bridgehead atoms. The van der Waals surface area contributed by atoms with E-state index in [0.717, 1.165) is 38.4 Å². The van der Waals surface area contributed by atoms with Crippen LogP contribution in [0.3, 0.4) is 0 Å². The third-order valence-corrected chi connectivity index (χ3v) is 3.15. The molecule has 0 unspecified atom stereocenters. The zero-order chi connectivity index (χ0) is 12.3. The molecule has 0 N–H and O–H groups in total. The summed E-state index contributed by atoms with van der Waals surface area (Å²) in [6.45, 7) is 7.10. The van der Waals surface area contributed by atoms with Crippen LogP contribution < -0.4 is 4.90 Å². The van der Waals surface area contributed by atoms with E-state index in [-0.39, 0.29) is 5.69 Å². The molecular weight excluding hydrogens is 218 g/mol. The lowest BCUT2D eigenvalue weighted by Gasteiger charge is -2.35. The molecule has 1 fully saturated rings. The van der Waals surface area contributed by atoms with E-state index >= 15 is 0 Å². The number of likely N-dealkylation sites (N-methyl/N-ethyl adjacent to an activating group) is 1. The fourth-order valence-electron chi connectivity index (χ4n) is 2.07. The number of hydrogen-bond acceptors (Lipinski definition) is 4. The summed E-state index contributed by atoms with van der Waals surface area (Å²) in [7, 11) is 0. The SMILES string of the molecule is CCN1CCN(c2cc[c]c([N+](=O)[O-])c2)CC1. The zero-order valence-electron chi connectivity index (χ0n) is 9.93. The van der Waals surface area contributed by atoms with E-state index in [2.05, 4.69) is 22.8 Å². The van der Waals surface area contributed by atoms with Crippen molar-refractivity contribution in [2.45, 2.75) is 6.92 Å². The third kappa shape index (κ3) is 2.74. The van der Waals surface area contributed by atoms with Crippen molar-refractivity contribution in [1.82, 2.24) is 4.90 Å². The maximum atomic E-state index is 10.7. The average Bonchev–Trinajstić information content (AvgIpc) is 2.39. The number of rotatable bonds is 3. The molecule has 2 rings (SSSR count). The van der Waals surface area contributed by atoms with Gasteiger partial charge < -0.3 is 9.80 Å². The number of nitro benzene ring substituents is 1. The van der Waals surface area contributed by atoms with Gasteiger partial charge in [-0.05, 0) is 18.7 Å². The second-order valence-electron chi connectivity index (χ2n) is 4.11. The molecule has 1 aliphatic rings. The fraction of sp³-hybridized carbons (Fsp3) is 0.500. The van der Waals surface area contributed by atoms with Gasteiger partial charge in [0.05, 0.1) is 11.0 Å². The Kier molecular flexibility index (Phi) is 3.58. The first kappa shape index (κ1) is 11.9. The molecule has 0 atom stereocenters. The van der Waals surface area contributed by atoms with Gasteiger partial charge in [-0.2, -0.15) is 0 Å². The van der Waals surface area contributed by atoms with Crippen molar-refractivity contribution in [3.63, 3.8) is 0 Å². The molecule has 17 heavy (non-hydrogen) atoms. The molecule has 5 heteroatoms. The molecule has 5 nitrogen and oxygen atoms in total. The minimum atomic E-state index is -0.397. The maximum absolute atomic E-state index is 10.7. The zero-order valence-corrected chi connectivity index (χ0v) is 9.93. The van der Waals surface area contributed by atoms with E-state index in [1.165, 1.54) is 0 Å². The predicted octanol–water partition coefficient (Wildman–Crippen LogP) is 1.54. The molecule has 1 heterocycles. The van der Waals surface area contributed by atoms with Gasteiger partial charge in [0.15, 0.2) is 0 Å². The van der Waals surface area contributed by atoms with Crippen LogP contribution in [0.4, 0.5) is 11.4 Å². The average molecular weight is 234 g/mol. The lowest BCUT2D eigenvalue weighted by atomic mass is 10.2. The Bertz CT molecular complexity index is 400. The number of benzene rings is 1. The summed E-state index contributed by atoms with van der Waals surface area (Å²) >= 11 is 0. The molecule has 0 spiro atoms. The van der Waals surface area contributed by atoms with E-state index in [1.54, 1.807) is 12.1 Å². The van der Waals surface area contributed by atoms with Crippen molar-refractivity contribution in [3.8, 4) is 0 Å². The maximum Gasteiger partial charge on any atom is 0.279 e. The molecule has 1 saturated heterocycles. The van der Waals surface area contributed by atoms with Crippen LogP contribution in [-0.2, 0) is 0 Å².